The number of hydrogen-bond donors (Lipinski definition) is 1. The summed E-state index contributed by atoms with van der Waals surface area (Å²) in [6, 6.07) is 13.9. The van der Waals surface area contributed by atoms with Crippen LogP contribution in [-0.2, 0) is 0 Å². The van der Waals surface area contributed by atoms with E-state index in [-0.39, 0.29) is 11.2 Å². The SMILES string of the molecule is Cc1[nH]n(-c2cccc(Cl)c2)c(=O)c1N=Nc1cccc(Cl)c1. The summed E-state index contributed by atoms with van der Waals surface area (Å²) < 4.78 is 1.38. The zero-order valence-electron chi connectivity index (χ0n) is 12.1. The van der Waals surface area contributed by atoms with Crippen LogP contribution in [-0.4, -0.2) is 9.78 Å². The van der Waals surface area contributed by atoms with Gasteiger partial charge in [0, 0.05) is 10.0 Å². The first-order valence-corrected chi connectivity index (χ1v) is 7.55. The monoisotopic (exact) mass is 346 g/mol. The van der Waals surface area contributed by atoms with E-state index in [2.05, 4.69) is 15.3 Å². The van der Waals surface area contributed by atoms with Gasteiger partial charge in [-0.05, 0) is 43.3 Å². The fourth-order valence-electron chi connectivity index (χ4n) is 2.10. The van der Waals surface area contributed by atoms with Gasteiger partial charge in [-0.3, -0.25) is 9.89 Å². The molecule has 0 saturated heterocycles. The van der Waals surface area contributed by atoms with Gasteiger partial charge in [-0.2, -0.15) is 5.11 Å². The molecule has 23 heavy (non-hydrogen) atoms. The van der Waals surface area contributed by atoms with Gasteiger partial charge in [0.2, 0.25) is 0 Å². The van der Waals surface area contributed by atoms with Gasteiger partial charge in [0.25, 0.3) is 5.56 Å². The van der Waals surface area contributed by atoms with Crippen LogP contribution in [0, 0.1) is 6.92 Å². The molecule has 0 aliphatic heterocycles. The Balaban J connectivity index is 2.00. The van der Waals surface area contributed by atoms with Crippen LogP contribution in [0.5, 0.6) is 0 Å². The molecular weight excluding hydrogens is 335 g/mol. The Morgan fingerprint density at radius 3 is 2.39 bits per heavy atom. The summed E-state index contributed by atoms with van der Waals surface area (Å²) in [6.45, 7) is 1.76. The molecule has 0 spiro atoms. The van der Waals surface area contributed by atoms with E-state index in [1.54, 1.807) is 55.5 Å². The lowest BCUT2D eigenvalue weighted by Gasteiger charge is -2.00. The van der Waals surface area contributed by atoms with E-state index in [1.165, 1.54) is 4.68 Å². The number of benzene rings is 2. The van der Waals surface area contributed by atoms with Crippen molar-refractivity contribution < 1.29 is 0 Å². The van der Waals surface area contributed by atoms with Crippen molar-refractivity contribution >= 4 is 34.6 Å². The van der Waals surface area contributed by atoms with E-state index in [1.807, 2.05) is 0 Å². The van der Waals surface area contributed by atoms with Crippen LogP contribution in [0.15, 0.2) is 63.6 Å². The summed E-state index contributed by atoms with van der Waals surface area (Å²) in [7, 11) is 0. The van der Waals surface area contributed by atoms with Crippen molar-refractivity contribution in [2.75, 3.05) is 0 Å². The average Bonchev–Trinajstić information content (AvgIpc) is 2.80. The number of aryl methyl sites for hydroxylation is 1. The minimum absolute atomic E-state index is 0.241. The van der Waals surface area contributed by atoms with Crippen LogP contribution >= 0.6 is 23.2 Å². The van der Waals surface area contributed by atoms with Crippen molar-refractivity contribution in [1.82, 2.24) is 9.78 Å². The number of nitrogens with one attached hydrogen (secondary N) is 1. The maximum absolute atomic E-state index is 12.5. The van der Waals surface area contributed by atoms with Gasteiger partial charge in [0.1, 0.15) is 0 Å². The summed E-state index contributed by atoms with van der Waals surface area (Å²) in [5.41, 5.74) is 1.77. The molecule has 7 heteroatoms. The van der Waals surface area contributed by atoms with Crippen LogP contribution in [0.3, 0.4) is 0 Å². The van der Waals surface area contributed by atoms with E-state index >= 15 is 0 Å². The number of nitrogens with zero attached hydrogens (tertiary/aromatic N) is 3. The maximum Gasteiger partial charge on any atom is 0.299 e. The zero-order chi connectivity index (χ0) is 16.4. The van der Waals surface area contributed by atoms with Crippen LogP contribution in [0.4, 0.5) is 11.4 Å². The molecule has 2 aromatic carbocycles. The molecule has 0 amide bonds. The van der Waals surface area contributed by atoms with Gasteiger partial charge in [-0.25, -0.2) is 4.68 Å². The fraction of sp³-hybridized carbons (Fsp3) is 0.0625. The molecule has 3 rings (SSSR count). The Hall–Kier alpha value is -2.37. The number of rotatable bonds is 3. The largest absolute Gasteiger partial charge is 0.299 e. The van der Waals surface area contributed by atoms with E-state index in [0.29, 0.717) is 27.1 Å². The Morgan fingerprint density at radius 2 is 1.70 bits per heavy atom. The van der Waals surface area contributed by atoms with Crippen molar-refractivity contribution in [1.29, 1.82) is 0 Å². The van der Waals surface area contributed by atoms with Gasteiger partial charge in [-0.1, -0.05) is 35.3 Å². The van der Waals surface area contributed by atoms with Crippen LogP contribution in [0.25, 0.3) is 5.69 Å². The molecule has 3 aromatic rings. The van der Waals surface area contributed by atoms with Crippen molar-refractivity contribution in [3.8, 4) is 5.69 Å². The maximum atomic E-state index is 12.5. The summed E-state index contributed by atoms with van der Waals surface area (Å²) in [4.78, 5) is 12.5. The quantitative estimate of drug-likeness (QED) is 0.651. The Morgan fingerprint density at radius 1 is 1.00 bits per heavy atom. The highest BCUT2D eigenvalue weighted by Gasteiger charge is 2.12. The van der Waals surface area contributed by atoms with E-state index < -0.39 is 0 Å². The molecule has 5 nitrogen and oxygen atoms in total. The lowest BCUT2D eigenvalue weighted by Crippen LogP contribution is -2.13. The standard InChI is InChI=1S/C16H12Cl2N4O/c1-10-15(20-19-13-6-2-4-11(17)8-13)16(23)22(21-10)14-7-3-5-12(18)9-14/h2-9,21H,1H3. The summed E-state index contributed by atoms with van der Waals surface area (Å²) in [5.74, 6) is 0. The molecule has 0 unspecified atom stereocenters. The van der Waals surface area contributed by atoms with Crippen LogP contribution in [0.2, 0.25) is 10.0 Å². The first-order chi connectivity index (χ1) is 11.0. The highest BCUT2D eigenvalue weighted by Crippen LogP contribution is 2.22. The molecule has 0 bridgehead atoms. The highest BCUT2D eigenvalue weighted by molar-refractivity contribution is 6.31. The molecule has 0 aliphatic rings. The average molecular weight is 347 g/mol. The third-order valence-corrected chi connectivity index (χ3v) is 3.65. The third kappa shape index (κ3) is 3.36. The fourth-order valence-corrected chi connectivity index (χ4v) is 2.47. The van der Waals surface area contributed by atoms with Crippen molar-refractivity contribution in [2.24, 2.45) is 10.2 Å². The molecule has 1 aromatic heterocycles. The lowest BCUT2D eigenvalue weighted by molar-refractivity contribution is 0.835. The first kappa shape index (κ1) is 15.5. The number of aromatic nitrogens is 2. The van der Waals surface area contributed by atoms with E-state index in [9.17, 15) is 4.79 Å². The minimum Gasteiger partial charge on any atom is -0.293 e. The Kier molecular flexibility index (Phi) is 4.32. The topological polar surface area (TPSA) is 62.5 Å². The molecule has 0 aliphatic carbocycles. The number of azo groups is 1. The van der Waals surface area contributed by atoms with Gasteiger partial charge in [-0.15, -0.1) is 5.11 Å². The van der Waals surface area contributed by atoms with Crippen molar-refractivity contribution in [3.05, 3.63) is 74.6 Å². The van der Waals surface area contributed by atoms with Crippen LogP contribution < -0.4 is 5.56 Å². The number of hydrogen-bond acceptors (Lipinski definition) is 3. The molecular formula is C16H12Cl2N4O. The lowest BCUT2D eigenvalue weighted by atomic mass is 10.3. The second-order valence-corrected chi connectivity index (χ2v) is 5.76. The van der Waals surface area contributed by atoms with Gasteiger partial charge in [0.15, 0.2) is 5.69 Å². The normalized spacial score (nSPS) is 11.3. The van der Waals surface area contributed by atoms with Crippen molar-refractivity contribution in [2.45, 2.75) is 6.92 Å². The number of halogens is 2. The number of aromatic amines is 1. The summed E-state index contributed by atoms with van der Waals surface area (Å²) in [5, 5.41) is 12.2. The summed E-state index contributed by atoms with van der Waals surface area (Å²) in [6.07, 6.45) is 0. The molecule has 0 fully saturated rings. The number of H-pyrrole nitrogens is 1. The predicted molar refractivity (Wildman–Crippen MR) is 91.8 cm³/mol. The minimum atomic E-state index is -0.296. The Bertz CT molecular complexity index is 943. The molecule has 0 radical (unpaired) electrons. The molecule has 0 atom stereocenters. The highest BCUT2D eigenvalue weighted by atomic mass is 35.5. The van der Waals surface area contributed by atoms with Gasteiger partial charge < -0.3 is 0 Å². The first-order valence-electron chi connectivity index (χ1n) is 6.79. The van der Waals surface area contributed by atoms with Crippen molar-refractivity contribution in [3.63, 3.8) is 0 Å². The zero-order valence-corrected chi connectivity index (χ0v) is 13.6. The smallest absolute Gasteiger partial charge is 0.293 e. The predicted octanol–water partition coefficient (Wildman–Crippen LogP) is 5.20. The van der Waals surface area contributed by atoms with E-state index in [4.69, 9.17) is 23.2 Å². The second-order valence-electron chi connectivity index (χ2n) is 4.89. The second kappa shape index (κ2) is 6.40. The summed E-state index contributed by atoms with van der Waals surface area (Å²) >= 11 is 11.9. The van der Waals surface area contributed by atoms with Crippen LogP contribution in [0.1, 0.15) is 5.69 Å². The molecule has 1 N–H and O–H groups in total. The van der Waals surface area contributed by atoms with E-state index in [0.717, 1.165) is 0 Å². The van der Waals surface area contributed by atoms with Gasteiger partial charge in [0.05, 0.1) is 17.1 Å². The molecule has 0 saturated carbocycles. The Labute approximate surface area is 142 Å². The molecule has 116 valence electrons. The molecule has 1 heterocycles. The third-order valence-electron chi connectivity index (χ3n) is 3.18. The van der Waals surface area contributed by atoms with Gasteiger partial charge >= 0.3 is 0 Å².